The van der Waals surface area contributed by atoms with Crippen molar-refractivity contribution in [2.24, 2.45) is 0 Å². The summed E-state index contributed by atoms with van der Waals surface area (Å²) < 4.78 is 4.58. The Morgan fingerprint density at radius 2 is 0.679 bits per heavy atom. The predicted molar refractivity (Wildman–Crippen MR) is 126 cm³/mol. The number of hydrogen-bond acceptors (Lipinski definition) is 0. The van der Waals surface area contributed by atoms with Gasteiger partial charge in [-0.15, -0.1) is 0 Å². The van der Waals surface area contributed by atoms with Gasteiger partial charge in [-0.25, -0.2) is 0 Å². The van der Waals surface area contributed by atoms with Gasteiger partial charge in [-0.2, -0.15) is 0 Å². The molecule has 3 aromatic carbocycles. The summed E-state index contributed by atoms with van der Waals surface area (Å²) in [5.74, 6) is 0. The van der Waals surface area contributed by atoms with E-state index in [1.165, 1.54) is 68.3 Å². The molecule has 3 rings (SSSR count). The van der Waals surface area contributed by atoms with Crippen LogP contribution in [0.25, 0.3) is 0 Å². The SMILES string of the molecule is CCCc1ccc([As](c2ccc(CCC)cc2)c2ccc(CCC)cc2)cc1. The number of aryl methyl sites for hydroxylation is 3. The van der Waals surface area contributed by atoms with Gasteiger partial charge in [0.05, 0.1) is 0 Å². The molecule has 28 heavy (non-hydrogen) atoms. The average Bonchev–Trinajstić information content (AvgIpc) is 2.73. The Kier molecular flexibility index (Phi) is 7.99. The van der Waals surface area contributed by atoms with E-state index in [9.17, 15) is 0 Å². The number of rotatable bonds is 9. The van der Waals surface area contributed by atoms with Gasteiger partial charge in [-0.05, 0) is 0 Å². The van der Waals surface area contributed by atoms with E-state index < -0.39 is 14.7 Å². The molecule has 146 valence electrons. The minimum absolute atomic E-state index is 1.17. The van der Waals surface area contributed by atoms with Gasteiger partial charge < -0.3 is 0 Å². The summed E-state index contributed by atoms with van der Waals surface area (Å²) in [5, 5.41) is 0. The molecule has 0 atom stereocenters. The first-order valence-electron chi connectivity index (χ1n) is 10.8. The Morgan fingerprint density at radius 1 is 0.429 bits per heavy atom. The molecule has 0 N–H and O–H groups in total. The van der Waals surface area contributed by atoms with Gasteiger partial charge in [-0.3, -0.25) is 0 Å². The first kappa shape index (κ1) is 20.9. The van der Waals surface area contributed by atoms with Crippen molar-refractivity contribution < 1.29 is 0 Å². The van der Waals surface area contributed by atoms with E-state index in [0.717, 1.165) is 0 Å². The molecule has 0 saturated carbocycles. The van der Waals surface area contributed by atoms with E-state index in [0.29, 0.717) is 0 Å². The fraction of sp³-hybridized carbons (Fsp3) is 0.333. The summed E-state index contributed by atoms with van der Waals surface area (Å²) in [5.41, 5.74) is 4.37. The Balaban J connectivity index is 1.97. The monoisotopic (exact) mass is 432 g/mol. The molecule has 0 amide bonds. The molecule has 0 spiro atoms. The van der Waals surface area contributed by atoms with Crippen LogP contribution < -0.4 is 13.1 Å². The summed E-state index contributed by atoms with van der Waals surface area (Å²) in [4.78, 5) is 0. The molecule has 0 heterocycles. The third kappa shape index (κ3) is 5.39. The van der Waals surface area contributed by atoms with Crippen molar-refractivity contribution in [3.63, 3.8) is 0 Å². The Bertz CT molecular complexity index is 711. The third-order valence-corrected chi connectivity index (χ3v) is 10.3. The number of benzene rings is 3. The molecule has 0 aliphatic rings. The zero-order chi connectivity index (χ0) is 19.8. The molecule has 0 bridgehead atoms. The molecule has 0 nitrogen and oxygen atoms in total. The van der Waals surface area contributed by atoms with Crippen LogP contribution in [-0.2, 0) is 19.3 Å². The van der Waals surface area contributed by atoms with Crippen LogP contribution in [0.2, 0.25) is 0 Å². The van der Waals surface area contributed by atoms with Crippen molar-refractivity contribution >= 4 is 27.7 Å². The topological polar surface area (TPSA) is 0 Å². The second kappa shape index (κ2) is 10.7. The molecule has 0 radical (unpaired) electrons. The van der Waals surface area contributed by atoms with Crippen molar-refractivity contribution in [2.75, 3.05) is 0 Å². The molecule has 0 saturated heterocycles. The molecule has 0 aromatic heterocycles. The summed E-state index contributed by atoms with van der Waals surface area (Å²) in [6.07, 6.45) is 7.13. The maximum atomic E-state index is 2.39. The zero-order valence-electron chi connectivity index (χ0n) is 17.6. The van der Waals surface area contributed by atoms with E-state index in [1.807, 2.05) is 0 Å². The fourth-order valence-corrected chi connectivity index (χ4v) is 8.44. The first-order chi connectivity index (χ1) is 13.7. The van der Waals surface area contributed by atoms with E-state index in [1.54, 1.807) is 0 Å². The maximum absolute atomic E-state index is 2.39. The quantitative estimate of drug-likeness (QED) is 0.415. The average molecular weight is 432 g/mol. The van der Waals surface area contributed by atoms with Crippen LogP contribution in [0.1, 0.15) is 56.7 Å². The Labute approximate surface area is 176 Å². The summed E-state index contributed by atoms with van der Waals surface area (Å²) in [6, 6.07) is 28.4. The van der Waals surface area contributed by atoms with Gasteiger partial charge in [0.25, 0.3) is 0 Å². The van der Waals surface area contributed by atoms with Crippen LogP contribution in [0.15, 0.2) is 72.8 Å². The van der Waals surface area contributed by atoms with Crippen LogP contribution in [0.5, 0.6) is 0 Å². The van der Waals surface area contributed by atoms with Gasteiger partial charge in [-0.1, -0.05) is 0 Å². The van der Waals surface area contributed by atoms with Crippen molar-refractivity contribution in [1.82, 2.24) is 0 Å². The molecule has 3 aromatic rings. The van der Waals surface area contributed by atoms with Crippen molar-refractivity contribution in [1.29, 1.82) is 0 Å². The van der Waals surface area contributed by atoms with Gasteiger partial charge >= 0.3 is 176 Å². The van der Waals surface area contributed by atoms with E-state index in [4.69, 9.17) is 0 Å². The van der Waals surface area contributed by atoms with Gasteiger partial charge in [0.15, 0.2) is 0 Å². The Morgan fingerprint density at radius 3 is 0.893 bits per heavy atom. The minimum atomic E-state index is -1.52. The van der Waals surface area contributed by atoms with Gasteiger partial charge in [0.2, 0.25) is 0 Å². The van der Waals surface area contributed by atoms with E-state index in [-0.39, 0.29) is 0 Å². The standard InChI is InChI=1S/C27H33As/c1-4-7-22-10-16-25(17-11-22)28(26-18-12-23(8-5-2)13-19-26)27-20-14-24(9-6-3)15-21-27/h10-21H,4-9H2,1-3H3. The second-order valence-electron chi connectivity index (χ2n) is 7.58. The fourth-order valence-electron chi connectivity index (χ4n) is 3.75. The molecule has 1 heteroatoms. The van der Waals surface area contributed by atoms with Gasteiger partial charge in [0.1, 0.15) is 0 Å². The summed E-state index contributed by atoms with van der Waals surface area (Å²) in [7, 11) is 0. The summed E-state index contributed by atoms with van der Waals surface area (Å²) in [6.45, 7) is 6.75. The van der Waals surface area contributed by atoms with Crippen molar-refractivity contribution in [3.05, 3.63) is 89.5 Å². The van der Waals surface area contributed by atoms with Crippen LogP contribution in [-0.4, -0.2) is 14.7 Å². The zero-order valence-corrected chi connectivity index (χ0v) is 19.5. The van der Waals surface area contributed by atoms with E-state index in [2.05, 4.69) is 93.6 Å². The van der Waals surface area contributed by atoms with Crippen molar-refractivity contribution in [2.45, 2.75) is 59.3 Å². The van der Waals surface area contributed by atoms with Crippen LogP contribution >= 0.6 is 0 Å². The normalized spacial score (nSPS) is 11.1. The first-order valence-corrected chi connectivity index (χ1v) is 13.6. The van der Waals surface area contributed by atoms with Crippen LogP contribution in [0.4, 0.5) is 0 Å². The summed E-state index contributed by atoms with van der Waals surface area (Å²) >= 11 is -1.52. The van der Waals surface area contributed by atoms with Crippen molar-refractivity contribution in [3.8, 4) is 0 Å². The molecule has 0 fully saturated rings. The Hall–Kier alpha value is -1.78. The van der Waals surface area contributed by atoms with Crippen LogP contribution in [0.3, 0.4) is 0 Å². The van der Waals surface area contributed by atoms with E-state index >= 15 is 0 Å². The number of hydrogen-bond donors (Lipinski definition) is 0. The predicted octanol–water partition coefficient (Wildman–Crippen LogP) is 5.06. The molecule has 0 aliphatic heterocycles. The van der Waals surface area contributed by atoms with Gasteiger partial charge in [0, 0.05) is 0 Å². The second-order valence-corrected chi connectivity index (χ2v) is 12.2. The molecule has 0 aliphatic carbocycles. The molecule has 0 unspecified atom stereocenters. The van der Waals surface area contributed by atoms with Crippen LogP contribution in [0, 0.1) is 0 Å². The molecular weight excluding hydrogens is 399 g/mol. The molecular formula is C27H33As. The third-order valence-electron chi connectivity index (χ3n) is 5.20.